The fourth-order valence-electron chi connectivity index (χ4n) is 3.13. The average Bonchev–Trinajstić information content (AvgIpc) is 2.29. The summed E-state index contributed by atoms with van der Waals surface area (Å²) in [7, 11) is -3.15. The van der Waals surface area contributed by atoms with Gasteiger partial charge in [-0.1, -0.05) is 26.7 Å². The Hall–Kier alpha value is -0.130. The Morgan fingerprint density at radius 2 is 2.06 bits per heavy atom. The minimum absolute atomic E-state index is 0.164. The lowest BCUT2D eigenvalue weighted by atomic mass is 9.76. The van der Waals surface area contributed by atoms with Gasteiger partial charge in [-0.3, -0.25) is 0 Å². The van der Waals surface area contributed by atoms with Crippen LogP contribution < -0.4 is 5.73 Å². The lowest BCUT2D eigenvalue weighted by Crippen LogP contribution is -2.58. The van der Waals surface area contributed by atoms with Crippen LogP contribution in [0.3, 0.4) is 0 Å². The molecule has 1 rings (SSSR count). The molecule has 1 fully saturated rings. The zero-order chi connectivity index (χ0) is 13.1. The van der Waals surface area contributed by atoms with Crippen molar-refractivity contribution in [2.45, 2.75) is 52.0 Å². The van der Waals surface area contributed by atoms with Crippen LogP contribution in [-0.4, -0.2) is 37.1 Å². The van der Waals surface area contributed by atoms with Gasteiger partial charge in [0.15, 0.2) is 0 Å². The van der Waals surface area contributed by atoms with Crippen molar-refractivity contribution in [3.05, 3.63) is 0 Å². The predicted molar refractivity (Wildman–Crippen MR) is 71.3 cm³/mol. The monoisotopic (exact) mass is 262 g/mol. The van der Waals surface area contributed by atoms with Crippen molar-refractivity contribution in [2.24, 2.45) is 11.7 Å². The smallest absolute Gasteiger partial charge is 0.214 e. The molecular formula is C12H26N2O2S. The van der Waals surface area contributed by atoms with Crippen molar-refractivity contribution in [3.63, 3.8) is 0 Å². The van der Waals surface area contributed by atoms with Crippen LogP contribution in [0.2, 0.25) is 0 Å². The van der Waals surface area contributed by atoms with Gasteiger partial charge in [0, 0.05) is 18.6 Å². The fraction of sp³-hybridized carbons (Fsp3) is 1.00. The number of likely N-dealkylation sites (N-methyl/N-ethyl adjacent to an activating group) is 1. The molecule has 17 heavy (non-hydrogen) atoms. The molecule has 102 valence electrons. The third-order valence-corrected chi connectivity index (χ3v) is 6.01. The van der Waals surface area contributed by atoms with E-state index in [1.165, 1.54) is 6.42 Å². The molecule has 0 aromatic heterocycles. The number of nitrogens with zero attached hydrogens (tertiary/aromatic N) is 1. The van der Waals surface area contributed by atoms with Crippen molar-refractivity contribution in [2.75, 3.05) is 18.8 Å². The fourth-order valence-corrected chi connectivity index (χ4v) is 4.66. The summed E-state index contributed by atoms with van der Waals surface area (Å²) < 4.78 is 26.0. The van der Waals surface area contributed by atoms with Crippen LogP contribution >= 0.6 is 0 Å². The van der Waals surface area contributed by atoms with Crippen LogP contribution in [0.25, 0.3) is 0 Å². The molecule has 5 heteroatoms. The number of rotatable bonds is 5. The quantitative estimate of drug-likeness (QED) is 0.818. The standard InChI is InChI=1S/C12H26N2O2S/c1-4-14(17(15,16)5-2)12(10-13)8-6-7-11(3)9-12/h11H,4-10,13H2,1-3H3. The molecule has 2 N–H and O–H groups in total. The van der Waals surface area contributed by atoms with E-state index in [1.807, 2.05) is 6.92 Å². The molecule has 0 aromatic carbocycles. The molecule has 4 nitrogen and oxygen atoms in total. The van der Waals surface area contributed by atoms with Crippen LogP contribution in [0.5, 0.6) is 0 Å². The molecule has 0 radical (unpaired) electrons. The Morgan fingerprint density at radius 1 is 1.41 bits per heavy atom. The van der Waals surface area contributed by atoms with E-state index >= 15 is 0 Å². The van der Waals surface area contributed by atoms with Crippen molar-refractivity contribution in [1.82, 2.24) is 4.31 Å². The maximum Gasteiger partial charge on any atom is 0.214 e. The lowest BCUT2D eigenvalue weighted by molar-refractivity contribution is 0.113. The third-order valence-electron chi connectivity index (χ3n) is 3.96. The number of nitrogens with two attached hydrogens (primary N) is 1. The summed E-state index contributed by atoms with van der Waals surface area (Å²) in [6, 6.07) is 0. The number of sulfonamides is 1. The van der Waals surface area contributed by atoms with Gasteiger partial charge < -0.3 is 5.73 Å². The molecule has 1 aliphatic carbocycles. The van der Waals surface area contributed by atoms with Crippen LogP contribution in [0.15, 0.2) is 0 Å². The second-order valence-electron chi connectivity index (χ2n) is 5.20. The summed E-state index contributed by atoms with van der Waals surface area (Å²) in [6.45, 7) is 6.76. The molecule has 0 bridgehead atoms. The summed E-state index contributed by atoms with van der Waals surface area (Å²) in [5, 5.41) is 0. The van der Waals surface area contributed by atoms with Gasteiger partial charge in [-0.25, -0.2) is 8.42 Å². The molecule has 0 aliphatic heterocycles. The molecule has 0 spiro atoms. The van der Waals surface area contributed by atoms with Crippen LogP contribution in [0.4, 0.5) is 0 Å². The second-order valence-corrected chi connectivity index (χ2v) is 7.38. The molecular weight excluding hydrogens is 236 g/mol. The van der Waals surface area contributed by atoms with E-state index < -0.39 is 10.0 Å². The molecule has 2 atom stereocenters. The molecule has 1 aliphatic rings. The van der Waals surface area contributed by atoms with E-state index in [0.717, 1.165) is 19.3 Å². The molecule has 0 aromatic rings. The van der Waals surface area contributed by atoms with Gasteiger partial charge in [0.05, 0.1) is 5.75 Å². The van der Waals surface area contributed by atoms with Crippen molar-refractivity contribution in [1.29, 1.82) is 0 Å². The summed E-state index contributed by atoms with van der Waals surface area (Å²) in [4.78, 5) is 0. The average molecular weight is 262 g/mol. The highest BCUT2D eigenvalue weighted by Crippen LogP contribution is 2.37. The maximum atomic E-state index is 12.2. The first kappa shape index (κ1) is 14.9. The summed E-state index contributed by atoms with van der Waals surface area (Å²) in [6.07, 6.45) is 4.07. The summed E-state index contributed by atoms with van der Waals surface area (Å²) >= 11 is 0. The molecule has 0 heterocycles. The van der Waals surface area contributed by atoms with E-state index in [0.29, 0.717) is 19.0 Å². The van der Waals surface area contributed by atoms with E-state index in [4.69, 9.17) is 5.73 Å². The van der Waals surface area contributed by atoms with Crippen molar-refractivity contribution < 1.29 is 8.42 Å². The zero-order valence-corrected chi connectivity index (χ0v) is 12.1. The highest BCUT2D eigenvalue weighted by molar-refractivity contribution is 7.89. The Balaban J connectivity index is 3.05. The van der Waals surface area contributed by atoms with E-state index in [9.17, 15) is 8.42 Å². The lowest BCUT2D eigenvalue weighted by Gasteiger charge is -2.46. The summed E-state index contributed by atoms with van der Waals surface area (Å²) in [5.74, 6) is 0.727. The van der Waals surface area contributed by atoms with E-state index in [2.05, 4.69) is 6.92 Å². The van der Waals surface area contributed by atoms with Gasteiger partial charge in [0.2, 0.25) is 10.0 Å². The highest BCUT2D eigenvalue weighted by atomic mass is 32.2. The SMILES string of the molecule is CCN(C1(CN)CCCC(C)C1)S(=O)(=O)CC. The van der Waals surface area contributed by atoms with E-state index in [-0.39, 0.29) is 11.3 Å². The first-order chi connectivity index (χ1) is 7.91. The predicted octanol–water partition coefficient (Wildman–Crippen LogP) is 1.57. The van der Waals surface area contributed by atoms with Crippen molar-refractivity contribution >= 4 is 10.0 Å². The van der Waals surface area contributed by atoms with Gasteiger partial charge in [0.25, 0.3) is 0 Å². The van der Waals surface area contributed by atoms with Gasteiger partial charge in [0.1, 0.15) is 0 Å². The Kier molecular flexibility index (Phi) is 4.98. The van der Waals surface area contributed by atoms with Crippen LogP contribution in [0, 0.1) is 5.92 Å². The van der Waals surface area contributed by atoms with E-state index in [1.54, 1.807) is 11.2 Å². The molecule has 0 saturated heterocycles. The number of hydrogen-bond acceptors (Lipinski definition) is 3. The minimum atomic E-state index is -3.15. The minimum Gasteiger partial charge on any atom is -0.329 e. The Labute approximate surface area is 106 Å². The van der Waals surface area contributed by atoms with Gasteiger partial charge >= 0.3 is 0 Å². The largest absolute Gasteiger partial charge is 0.329 e. The third kappa shape index (κ3) is 3.01. The van der Waals surface area contributed by atoms with Gasteiger partial charge in [-0.15, -0.1) is 0 Å². The highest BCUT2D eigenvalue weighted by Gasteiger charge is 2.43. The first-order valence-electron chi connectivity index (χ1n) is 6.62. The molecule has 0 amide bonds. The number of hydrogen-bond donors (Lipinski definition) is 1. The van der Waals surface area contributed by atoms with Crippen molar-refractivity contribution in [3.8, 4) is 0 Å². The zero-order valence-electron chi connectivity index (χ0n) is 11.3. The van der Waals surface area contributed by atoms with Crippen LogP contribution in [0.1, 0.15) is 46.5 Å². The Morgan fingerprint density at radius 3 is 2.47 bits per heavy atom. The van der Waals surface area contributed by atoms with Crippen LogP contribution in [-0.2, 0) is 10.0 Å². The maximum absolute atomic E-state index is 12.2. The van der Waals surface area contributed by atoms with Gasteiger partial charge in [-0.05, 0) is 25.7 Å². The molecule has 2 unspecified atom stereocenters. The molecule has 1 saturated carbocycles. The first-order valence-corrected chi connectivity index (χ1v) is 8.23. The van der Waals surface area contributed by atoms with Gasteiger partial charge in [-0.2, -0.15) is 4.31 Å². The Bertz CT molecular complexity index is 342. The topological polar surface area (TPSA) is 63.4 Å². The second kappa shape index (κ2) is 5.67. The summed E-state index contributed by atoms with van der Waals surface area (Å²) in [5.41, 5.74) is 5.59. The normalized spacial score (nSPS) is 30.8.